The first-order valence-corrected chi connectivity index (χ1v) is 12.7. The van der Waals surface area contributed by atoms with E-state index in [4.69, 9.17) is 10.5 Å². The monoisotopic (exact) mass is 464 g/mol. The van der Waals surface area contributed by atoms with Crippen LogP contribution in [0.5, 0.6) is 5.75 Å². The molecule has 6 heteroatoms. The first-order chi connectivity index (χ1) is 16.5. The lowest BCUT2D eigenvalue weighted by atomic mass is 9.88. The number of para-hydroxylation sites is 1. The molecular weight excluding hydrogens is 424 g/mol. The Balaban J connectivity index is 1.19. The first-order valence-electron chi connectivity index (χ1n) is 12.7. The van der Waals surface area contributed by atoms with Gasteiger partial charge < -0.3 is 20.3 Å². The van der Waals surface area contributed by atoms with Crippen molar-refractivity contribution in [2.45, 2.75) is 38.8 Å². The summed E-state index contributed by atoms with van der Waals surface area (Å²) in [5, 5.41) is 0. The van der Waals surface area contributed by atoms with E-state index in [0.717, 1.165) is 77.4 Å². The van der Waals surface area contributed by atoms with E-state index in [2.05, 4.69) is 47.1 Å². The number of carbonyl (C=O) groups excluding carboxylic acids is 1. The van der Waals surface area contributed by atoms with Gasteiger partial charge in [0.2, 0.25) is 5.91 Å². The molecule has 0 aliphatic carbocycles. The summed E-state index contributed by atoms with van der Waals surface area (Å²) >= 11 is 0. The molecule has 1 amide bonds. The molecule has 184 valence electrons. The normalized spacial score (nSPS) is 19.2. The van der Waals surface area contributed by atoms with Gasteiger partial charge >= 0.3 is 0 Å². The van der Waals surface area contributed by atoms with Crippen LogP contribution in [0.4, 0.5) is 0 Å². The van der Waals surface area contributed by atoms with Gasteiger partial charge in [-0.15, -0.1) is 0 Å². The summed E-state index contributed by atoms with van der Waals surface area (Å²) in [4.78, 5) is 20.0. The topological polar surface area (TPSA) is 62.0 Å². The molecule has 0 spiro atoms. The molecule has 0 aromatic heterocycles. The number of methoxy groups -OCH3 is 1. The van der Waals surface area contributed by atoms with Crippen molar-refractivity contribution in [2.24, 2.45) is 11.7 Å². The Morgan fingerprint density at radius 1 is 0.941 bits per heavy atom. The van der Waals surface area contributed by atoms with Gasteiger partial charge in [-0.3, -0.25) is 9.69 Å². The van der Waals surface area contributed by atoms with Crippen molar-refractivity contribution < 1.29 is 9.53 Å². The molecule has 0 saturated carbocycles. The lowest BCUT2D eigenvalue weighted by Crippen LogP contribution is -2.55. The summed E-state index contributed by atoms with van der Waals surface area (Å²) in [5.74, 6) is 1.34. The van der Waals surface area contributed by atoms with Gasteiger partial charge in [0.25, 0.3) is 0 Å². The number of nitrogens with two attached hydrogens (primary N) is 1. The van der Waals surface area contributed by atoms with E-state index >= 15 is 0 Å². The highest BCUT2D eigenvalue weighted by atomic mass is 16.5. The molecule has 6 nitrogen and oxygen atoms in total. The summed E-state index contributed by atoms with van der Waals surface area (Å²) in [6, 6.07) is 16.4. The molecule has 2 aromatic carbocycles. The van der Waals surface area contributed by atoms with Gasteiger partial charge in [-0.1, -0.05) is 42.5 Å². The third-order valence-corrected chi connectivity index (χ3v) is 7.65. The zero-order valence-electron chi connectivity index (χ0n) is 20.8. The maximum absolute atomic E-state index is 13.1. The predicted octanol–water partition coefficient (Wildman–Crippen LogP) is 2.93. The molecule has 0 radical (unpaired) electrons. The van der Waals surface area contributed by atoms with Crippen LogP contribution in [-0.2, 0) is 17.8 Å². The number of hydrogen-bond acceptors (Lipinski definition) is 5. The van der Waals surface area contributed by atoms with E-state index in [1.54, 1.807) is 7.11 Å². The van der Waals surface area contributed by atoms with Gasteiger partial charge in [-0.2, -0.15) is 0 Å². The first kappa shape index (κ1) is 24.7. The molecule has 4 rings (SSSR count). The largest absolute Gasteiger partial charge is 0.496 e. The van der Waals surface area contributed by atoms with Crippen molar-refractivity contribution in [3.8, 4) is 5.75 Å². The smallest absolute Gasteiger partial charge is 0.239 e. The number of ether oxygens (including phenoxy) is 1. The van der Waals surface area contributed by atoms with Gasteiger partial charge in [0.1, 0.15) is 5.75 Å². The number of rotatable bonds is 8. The van der Waals surface area contributed by atoms with E-state index < -0.39 is 0 Å². The summed E-state index contributed by atoms with van der Waals surface area (Å²) in [7, 11) is 1.71. The van der Waals surface area contributed by atoms with Crippen LogP contribution in [0.1, 0.15) is 29.5 Å². The third kappa shape index (κ3) is 6.17. The molecule has 2 saturated heterocycles. The molecule has 1 atom stereocenters. The zero-order valence-corrected chi connectivity index (χ0v) is 20.8. The van der Waals surface area contributed by atoms with Crippen LogP contribution in [0.15, 0.2) is 48.5 Å². The summed E-state index contributed by atoms with van der Waals surface area (Å²) in [6.45, 7) is 9.41. The average Bonchev–Trinajstić information content (AvgIpc) is 2.88. The lowest BCUT2D eigenvalue weighted by molar-refractivity contribution is -0.136. The van der Waals surface area contributed by atoms with Crippen LogP contribution in [0.2, 0.25) is 0 Å². The van der Waals surface area contributed by atoms with Crippen molar-refractivity contribution >= 4 is 5.91 Å². The molecule has 2 fully saturated rings. The van der Waals surface area contributed by atoms with Crippen molar-refractivity contribution in [1.29, 1.82) is 0 Å². The SMILES string of the molecule is COc1ccccc1CN1CCN(C(=O)C(N)C2CCN(CCc3ccccc3C)CC2)CC1. The van der Waals surface area contributed by atoms with E-state index in [1.165, 1.54) is 16.7 Å². The number of carbonyl (C=O) groups is 1. The molecule has 2 aliphatic heterocycles. The fourth-order valence-corrected chi connectivity index (χ4v) is 5.32. The zero-order chi connectivity index (χ0) is 23.9. The summed E-state index contributed by atoms with van der Waals surface area (Å²) in [6.07, 6.45) is 3.10. The number of piperazine rings is 1. The maximum atomic E-state index is 13.1. The van der Waals surface area contributed by atoms with Gasteiger partial charge in [-0.25, -0.2) is 0 Å². The van der Waals surface area contributed by atoms with Gasteiger partial charge in [-0.05, 0) is 62.4 Å². The molecule has 0 bridgehead atoms. The number of nitrogens with zero attached hydrogens (tertiary/aromatic N) is 3. The Morgan fingerprint density at radius 3 is 2.26 bits per heavy atom. The van der Waals surface area contributed by atoms with E-state index in [0.29, 0.717) is 0 Å². The minimum absolute atomic E-state index is 0.135. The molecule has 34 heavy (non-hydrogen) atoms. The van der Waals surface area contributed by atoms with Crippen LogP contribution in [0.3, 0.4) is 0 Å². The molecule has 2 heterocycles. The van der Waals surface area contributed by atoms with Crippen molar-refractivity contribution in [3.05, 3.63) is 65.2 Å². The summed E-state index contributed by atoms with van der Waals surface area (Å²) < 4.78 is 5.48. The van der Waals surface area contributed by atoms with E-state index in [1.807, 2.05) is 23.1 Å². The predicted molar refractivity (Wildman–Crippen MR) is 137 cm³/mol. The number of benzene rings is 2. The molecule has 2 N–H and O–H groups in total. The van der Waals surface area contributed by atoms with Crippen molar-refractivity contribution in [3.63, 3.8) is 0 Å². The Hall–Kier alpha value is -2.41. The second-order valence-electron chi connectivity index (χ2n) is 9.79. The Bertz CT molecular complexity index is 934. The standard InChI is InChI=1S/C28H40N4O2/c1-22-7-3-4-8-23(22)11-14-30-15-12-24(13-16-30)27(29)28(33)32-19-17-31(18-20-32)21-25-9-5-6-10-26(25)34-2/h3-10,24,27H,11-21,29H2,1-2H3. The molecule has 2 aromatic rings. The summed E-state index contributed by atoms with van der Waals surface area (Å²) in [5.41, 5.74) is 10.5. The van der Waals surface area contributed by atoms with Crippen LogP contribution in [-0.4, -0.2) is 79.6 Å². The van der Waals surface area contributed by atoms with Gasteiger partial charge in [0.15, 0.2) is 0 Å². The van der Waals surface area contributed by atoms with E-state index in [9.17, 15) is 4.79 Å². The highest BCUT2D eigenvalue weighted by molar-refractivity contribution is 5.82. The van der Waals surface area contributed by atoms with Crippen molar-refractivity contribution in [1.82, 2.24) is 14.7 Å². The minimum atomic E-state index is -0.376. The number of amides is 1. The van der Waals surface area contributed by atoms with Crippen LogP contribution < -0.4 is 10.5 Å². The fraction of sp³-hybridized carbons (Fsp3) is 0.536. The van der Waals surface area contributed by atoms with E-state index in [-0.39, 0.29) is 17.9 Å². The highest BCUT2D eigenvalue weighted by Gasteiger charge is 2.32. The molecule has 2 aliphatic rings. The molecular formula is C28H40N4O2. The van der Waals surface area contributed by atoms with Crippen LogP contribution in [0, 0.1) is 12.8 Å². The average molecular weight is 465 g/mol. The Labute approximate surface area is 204 Å². The quantitative estimate of drug-likeness (QED) is 0.651. The number of likely N-dealkylation sites (tertiary alicyclic amines) is 1. The molecule has 1 unspecified atom stereocenters. The maximum Gasteiger partial charge on any atom is 0.239 e. The fourth-order valence-electron chi connectivity index (χ4n) is 5.32. The third-order valence-electron chi connectivity index (χ3n) is 7.65. The second-order valence-corrected chi connectivity index (χ2v) is 9.79. The lowest BCUT2D eigenvalue weighted by Gasteiger charge is -2.39. The van der Waals surface area contributed by atoms with Crippen LogP contribution in [0.25, 0.3) is 0 Å². The second kappa shape index (κ2) is 11.8. The van der Waals surface area contributed by atoms with Crippen molar-refractivity contribution in [2.75, 3.05) is 52.9 Å². The Kier molecular flexibility index (Phi) is 8.59. The van der Waals surface area contributed by atoms with Gasteiger partial charge in [0.05, 0.1) is 13.2 Å². The number of hydrogen-bond donors (Lipinski definition) is 1. The minimum Gasteiger partial charge on any atom is -0.496 e. The highest BCUT2D eigenvalue weighted by Crippen LogP contribution is 2.23. The van der Waals surface area contributed by atoms with Gasteiger partial charge in [0, 0.05) is 44.8 Å². The Morgan fingerprint density at radius 2 is 1.59 bits per heavy atom. The number of aryl methyl sites for hydroxylation is 1. The van der Waals surface area contributed by atoms with Crippen LogP contribution >= 0.6 is 0 Å². The number of piperidine rings is 1.